The Labute approximate surface area is 149 Å². The topological polar surface area (TPSA) is 64.2 Å². The van der Waals surface area contributed by atoms with Crippen LogP contribution in [0.25, 0.3) is 0 Å². The van der Waals surface area contributed by atoms with Gasteiger partial charge in [0.1, 0.15) is 25.0 Å². The van der Waals surface area contributed by atoms with Gasteiger partial charge in [0.25, 0.3) is 0 Å². The number of aryl methyl sites for hydroxylation is 1. The lowest BCUT2D eigenvalue weighted by atomic mass is 10.3. The molecule has 25 heavy (non-hydrogen) atoms. The van der Waals surface area contributed by atoms with Crippen molar-refractivity contribution in [2.24, 2.45) is 7.05 Å². The van der Waals surface area contributed by atoms with Crippen molar-refractivity contribution < 1.29 is 33.0 Å². The second-order valence-electron chi connectivity index (χ2n) is 5.79. The summed E-state index contributed by atoms with van der Waals surface area (Å²) in [6.45, 7) is 6.80. The molecule has 8 nitrogen and oxygen atoms in total. The van der Waals surface area contributed by atoms with Gasteiger partial charge in [0.05, 0.1) is 79.7 Å². The molecular formula is C17H31N2O6+. The van der Waals surface area contributed by atoms with Gasteiger partial charge in [0, 0.05) is 0 Å². The predicted octanol–water partition coefficient (Wildman–Crippen LogP) is -0.206. The molecule has 0 aliphatic carbocycles. The van der Waals surface area contributed by atoms with Crippen LogP contribution in [0.3, 0.4) is 0 Å². The van der Waals surface area contributed by atoms with Crippen molar-refractivity contribution in [1.29, 1.82) is 0 Å². The van der Waals surface area contributed by atoms with Crippen LogP contribution in [0.5, 0.6) is 0 Å². The largest absolute Gasteiger partial charge is 0.377 e. The standard InChI is InChI=1S/C17H31N2O6/c1-18-2-3-19(16-18)14-17-15-24-11-10-22-7-6-20-4-5-21-8-9-23-12-13-25-17/h2-3,16-17H,4-15H2,1H3/q+1. The van der Waals surface area contributed by atoms with Gasteiger partial charge in [-0.05, 0) is 0 Å². The second-order valence-corrected chi connectivity index (χ2v) is 5.79. The monoisotopic (exact) mass is 359 g/mol. The molecule has 1 atom stereocenters. The molecule has 0 amide bonds. The molecule has 2 rings (SSSR count). The highest BCUT2D eigenvalue weighted by molar-refractivity contribution is 4.69. The third-order valence-electron chi connectivity index (χ3n) is 3.61. The zero-order chi connectivity index (χ0) is 17.6. The Morgan fingerprint density at radius 1 is 0.800 bits per heavy atom. The number of nitrogens with zero attached hydrogens (tertiary/aromatic N) is 2. The molecule has 0 aromatic carbocycles. The highest BCUT2D eigenvalue weighted by Gasteiger charge is 2.14. The highest BCUT2D eigenvalue weighted by atomic mass is 16.6. The maximum absolute atomic E-state index is 5.92. The number of rotatable bonds is 2. The Kier molecular flexibility index (Phi) is 10.7. The number of imidazole rings is 1. The highest BCUT2D eigenvalue weighted by Crippen LogP contribution is 2.00. The van der Waals surface area contributed by atoms with E-state index in [0.29, 0.717) is 72.7 Å². The molecule has 1 aromatic rings. The van der Waals surface area contributed by atoms with E-state index < -0.39 is 0 Å². The molecular weight excluding hydrogens is 328 g/mol. The van der Waals surface area contributed by atoms with Gasteiger partial charge in [-0.15, -0.1) is 0 Å². The molecule has 8 heteroatoms. The lowest BCUT2D eigenvalue weighted by Crippen LogP contribution is -2.29. The maximum Gasteiger partial charge on any atom is 0.243 e. The first-order chi connectivity index (χ1) is 12.3. The quantitative estimate of drug-likeness (QED) is 0.681. The van der Waals surface area contributed by atoms with Gasteiger partial charge >= 0.3 is 0 Å². The number of ether oxygens (including phenoxy) is 6. The summed E-state index contributed by atoms with van der Waals surface area (Å²) in [5.41, 5.74) is 0. The Balaban J connectivity index is 1.73. The summed E-state index contributed by atoms with van der Waals surface area (Å²) >= 11 is 0. The SMILES string of the molecule is C[n+]1ccn(CC2COCCOCCOCCOCCOCCO2)c1. The summed E-state index contributed by atoms with van der Waals surface area (Å²) in [4.78, 5) is 0. The third-order valence-corrected chi connectivity index (χ3v) is 3.61. The molecule has 1 saturated heterocycles. The van der Waals surface area contributed by atoms with Gasteiger partial charge in [0.2, 0.25) is 6.33 Å². The molecule has 2 heterocycles. The molecule has 144 valence electrons. The molecule has 1 unspecified atom stereocenters. The smallest absolute Gasteiger partial charge is 0.243 e. The van der Waals surface area contributed by atoms with Gasteiger partial charge in [-0.2, -0.15) is 0 Å². The van der Waals surface area contributed by atoms with Crippen molar-refractivity contribution in [3.63, 3.8) is 0 Å². The Morgan fingerprint density at radius 3 is 1.84 bits per heavy atom. The normalized spacial score (nSPS) is 23.6. The van der Waals surface area contributed by atoms with Gasteiger partial charge in [-0.25, -0.2) is 9.13 Å². The third kappa shape index (κ3) is 9.88. The van der Waals surface area contributed by atoms with E-state index >= 15 is 0 Å². The average Bonchev–Trinajstić information content (AvgIpc) is 3.01. The van der Waals surface area contributed by atoms with Crippen LogP contribution in [0.15, 0.2) is 18.7 Å². The van der Waals surface area contributed by atoms with Crippen LogP contribution in [-0.2, 0) is 42.0 Å². The van der Waals surface area contributed by atoms with E-state index in [9.17, 15) is 0 Å². The minimum absolute atomic E-state index is 0.0329. The maximum atomic E-state index is 5.92. The van der Waals surface area contributed by atoms with E-state index in [-0.39, 0.29) is 6.10 Å². The second kappa shape index (κ2) is 13.2. The molecule has 1 aliphatic heterocycles. The lowest BCUT2D eigenvalue weighted by molar-refractivity contribution is -0.671. The number of aromatic nitrogens is 2. The van der Waals surface area contributed by atoms with Gasteiger partial charge in [-0.3, -0.25) is 0 Å². The first-order valence-corrected chi connectivity index (χ1v) is 8.86. The summed E-state index contributed by atoms with van der Waals surface area (Å²) in [7, 11) is 1.99. The van der Waals surface area contributed by atoms with Gasteiger partial charge in [-0.1, -0.05) is 0 Å². The van der Waals surface area contributed by atoms with Gasteiger partial charge < -0.3 is 28.4 Å². The number of hydrogen-bond acceptors (Lipinski definition) is 6. The van der Waals surface area contributed by atoms with Crippen LogP contribution >= 0.6 is 0 Å². The van der Waals surface area contributed by atoms with E-state index in [4.69, 9.17) is 28.4 Å². The first-order valence-electron chi connectivity index (χ1n) is 8.86. The van der Waals surface area contributed by atoms with E-state index in [1.165, 1.54) is 0 Å². The molecule has 0 bridgehead atoms. The molecule has 1 aromatic heterocycles. The first kappa shape index (κ1) is 20.3. The van der Waals surface area contributed by atoms with Crippen LogP contribution in [-0.4, -0.2) is 83.3 Å². The van der Waals surface area contributed by atoms with Crippen molar-refractivity contribution in [2.45, 2.75) is 12.6 Å². The molecule has 1 fully saturated rings. The zero-order valence-corrected chi connectivity index (χ0v) is 15.1. The Hall–Kier alpha value is -1.03. The Bertz CT molecular complexity index is 425. The molecule has 0 N–H and O–H groups in total. The summed E-state index contributed by atoms with van der Waals surface area (Å²) < 4.78 is 37.5. The molecule has 0 radical (unpaired) electrons. The van der Waals surface area contributed by atoms with Crippen molar-refractivity contribution in [3.05, 3.63) is 18.7 Å². The fourth-order valence-electron chi connectivity index (χ4n) is 2.37. The van der Waals surface area contributed by atoms with Crippen LogP contribution < -0.4 is 4.57 Å². The van der Waals surface area contributed by atoms with Crippen LogP contribution in [0.1, 0.15) is 0 Å². The van der Waals surface area contributed by atoms with Crippen LogP contribution in [0.4, 0.5) is 0 Å². The summed E-state index contributed by atoms with van der Waals surface area (Å²) in [5.74, 6) is 0. The predicted molar refractivity (Wildman–Crippen MR) is 89.4 cm³/mol. The Morgan fingerprint density at radius 2 is 1.32 bits per heavy atom. The molecule has 0 saturated carbocycles. The van der Waals surface area contributed by atoms with E-state index in [0.717, 1.165) is 6.54 Å². The fraction of sp³-hybridized carbons (Fsp3) is 0.824. The molecule has 1 aliphatic rings. The van der Waals surface area contributed by atoms with Crippen molar-refractivity contribution in [2.75, 3.05) is 72.7 Å². The zero-order valence-electron chi connectivity index (χ0n) is 15.1. The minimum atomic E-state index is -0.0329. The summed E-state index contributed by atoms with van der Waals surface area (Å²) in [5, 5.41) is 0. The lowest BCUT2D eigenvalue weighted by Gasteiger charge is -2.17. The van der Waals surface area contributed by atoms with E-state index in [1.807, 2.05) is 30.3 Å². The average molecular weight is 359 g/mol. The van der Waals surface area contributed by atoms with Crippen molar-refractivity contribution in [1.82, 2.24) is 4.57 Å². The molecule has 0 spiro atoms. The van der Waals surface area contributed by atoms with Crippen molar-refractivity contribution >= 4 is 0 Å². The van der Waals surface area contributed by atoms with E-state index in [1.54, 1.807) is 0 Å². The number of hydrogen-bond donors (Lipinski definition) is 0. The van der Waals surface area contributed by atoms with E-state index in [2.05, 4.69) is 4.57 Å². The van der Waals surface area contributed by atoms with Crippen molar-refractivity contribution in [3.8, 4) is 0 Å². The minimum Gasteiger partial charge on any atom is -0.377 e. The van der Waals surface area contributed by atoms with Crippen LogP contribution in [0, 0.1) is 0 Å². The fourth-order valence-corrected chi connectivity index (χ4v) is 2.37. The van der Waals surface area contributed by atoms with Gasteiger partial charge in [0.15, 0.2) is 0 Å². The van der Waals surface area contributed by atoms with Crippen LogP contribution in [0.2, 0.25) is 0 Å². The summed E-state index contributed by atoms with van der Waals surface area (Å²) in [6.07, 6.45) is 6.01. The summed E-state index contributed by atoms with van der Waals surface area (Å²) in [6, 6.07) is 0.